The summed E-state index contributed by atoms with van der Waals surface area (Å²) in [5.41, 5.74) is 0.995. The largest absolute Gasteiger partial charge is 0.302 e. The van der Waals surface area contributed by atoms with Gasteiger partial charge in [0.05, 0.1) is 12.3 Å². The van der Waals surface area contributed by atoms with Gasteiger partial charge in [-0.1, -0.05) is 44.2 Å². The Bertz CT molecular complexity index is 441. The lowest BCUT2D eigenvalue weighted by atomic mass is 10.1. The fourth-order valence-corrected chi connectivity index (χ4v) is 2.62. The molecule has 0 spiro atoms. The van der Waals surface area contributed by atoms with Crippen molar-refractivity contribution >= 4 is 10.0 Å². The predicted octanol–water partition coefficient (Wildman–Crippen LogP) is 1.62. The van der Waals surface area contributed by atoms with E-state index < -0.39 is 10.0 Å². The number of nitrogens with one attached hydrogen (secondary N) is 1. The van der Waals surface area contributed by atoms with E-state index >= 15 is 0 Å². The minimum absolute atomic E-state index is 0.193. The average Bonchev–Trinajstić information content (AvgIpc) is 2.34. The number of hydrogen-bond donors (Lipinski definition) is 1. The molecule has 102 valence electrons. The van der Waals surface area contributed by atoms with Crippen molar-refractivity contribution in [2.24, 2.45) is 0 Å². The summed E-state index contributed by atoms with van der Waals surface area (Å²) in [6.45, 7) is 6.65. The lowest BCUT2D eigenvalue weighted by molar-refractivity contribution is 0.277. The molecule has 0 fully saturated rings. The monoisotopic (exact) mass is 270 g/mol. The van der Waals surface area contributed by atoms with Gasteiger partial charge in [0.2, 0.25) is 10.0 Å². The van der Waals surface area contributed by atoms with E-state index in [1.54, 1.807) is 0 Å². The molecule has 4 nitrogen and oxygen atoms in total. The fourth-order valence-electron chi connectivity index (χ4n) is 1.89. The molecule has 0 aliphatic heterocycles. The van der Waals surface area contributed by atoms with Crippen LogP contribution in [0.1, 0.15) is 25.5 Å². The van der Waals surface area contributed by atoms with E-state index in [-0.39, 0.29) is 6.04 Å². The van der Waals surface area contributed by atoms with E-state index in [2.05, 4.69) is 23.5 Å². The average molecular weight is 270 g/mol. The third-order valence-corrected chi connectivity index (χ3v) is 3.61. The van der Waals surface area contributed by atoms with Crippen LogP contribution in [0.15, 0.2) is 30.3 Å². The van der Waals surface area contributed by atoms with Gasteiger partial charge < -0.3 is 4.90 Å². The summed E-state index contributed by atoms with van der Waals surface area (Å²) in [5.74, 6) is 0. The van der Waals surface area contributed by atoms with Crippen molar-refractivity contribution in [3.05, 3.63) is 35.9 Å². The van der Waals surface area contributed by atoms with Crippen LogP contribution in [0.2, 0.25) is 0 Å². The molecule has 0 saturated carbocycles. The third kappa shape index (κ3) is 5.16. The summed E-state index contributed by atoms with van der Waals surface area (Å²) in [5, 5.41) is 0. The molecule has 1 aromatic carbocycles. The van der Waals surface area contributed by atoms with Crippen LogP contribution < -0.4 is 4.72 Å². The van der Waals surface area contributed by atoms with Crippen molar-refractivity contribution < 1.29 is 8.42 Å². The van der Waals surface area contributed by atoms with Gasteiger partial charge in [-0.2, -0.15) is 0 Å². The maximum atomic E-state index is 11.4. The Labute approximate surface area is 110 Å². The molecule has 0 unspecified atom stereocenters. The molecule has 1 N–H and O–H groups in total. The van der Waals surface area contributed by atoms with Gasteiger partial charge in [-0.25, -0.2) is 13.1 Å². The SMILES string of the molecule is CCN(CC)C[C@@H](NS(C)(=O)=O)c1ccccc1. The predicted molar refractivity (Wildman–Crippen MR) is 75.0 cm³/mol. The highest BCUT2D eigenvalue weighted by Gasteiger charge is 2.18. The quantitative estimate of drug-likeness (QED) is 0.819. The number of nitrogens with zero attached hydrogens (tertiary/aromatic N) is 1. The number of hydrogen-bond acceptors (Lipinski definition) is 3. The van der Waals surface area contributed by atoms with Crippen LogP contribution in [0.3, 0.4) is 0 Å². The zero-order valence-corrected chi connectivity index (χ0v) is 12.1. The topological polar surface area (TPSA) is 49.4 Å². The molecule has 1 atom stereocenters. The maximum Gasteiger partial charge on any atom is 0.209 e. The molecule has 18 heavy (non-hydrogen) atoms. The number of sulfonamides is 1. The van der Waals surface area contributed by atoms with Crippen molar-refractivity contribution in [3.8, 4) is 0 Å². The van der Waals surface area contributed by atoms with Crippen molar-refractivity contribution in [1.82, 2.24) is 9.62 Å². The zero-order chi connectivity index (χ0) is 13.6. The van der Waals surface area contributed by atoms with Crippen LogP contribution in [0.5, 0.6) is 0 Å². The molecular formula is C13H22N2O2S. The lowest BCUT2D eigenvalue weighted by Gasteiger charge is -2.25. The number of benzene rings is 1. The van der Waals surface area contributed by atoms with E-state index in [9.17, 15) is 8.42 Å². The highest BCUT2D eigenvalue weighted by Crippen LogP contribution is 2.15. The molecule has 1 aromatic rings. The van der Waals surface area contributed by atoms with Crippen molar-refractivity contribution in [2.75, 3.05) is 25.9 Å². The minimum atomic E-state index is -3.21. The van der Waals surface area contributed by atoms with Crippen LogP contribution >= 0.6 is 0 Å². The molecular weight excluding hydrogens is 248 g/mol. The van der Waals surface area contributed by atoms with Crippen LogP contribution in [-0.4, -0.2) is 39.2 Å². The molecule has 0 aromatic heterocycles. The third-order valence-electron chi connectivity index (χ3n) is 2.89. The highest BCUT2D eigenvalue weighted by atomic mass is 32.2. The smallest absolute Gasteiger partial charge is 0.209 e. The fraction of sp³-hybridized carbons (Fsp3) is 0.538. The number of likely N-dealkylation sites (N-methyl/N-ethyl adjacent to an activating group) is 1. The van der Waals surface area contributed by atoms with Crippen LogP contribution in [0.25, 0.3) is 0 Å². The summed E-state index contributed by atoms with van der Waals surface area (Å²) in [6.07, 6.45) is 1.20. The Morgan fingerprint density at radius 3 is 2.17 bits per heavy atom. The van der Waals surface area contributed by atoms with Crippen LogP contribution in [0, 0.1) is 0 Å². The van der Waals surface area contributed by atoms with Gasteiger partial charge >= 0.3 is 0 Å². The molecule has 0 aliphatic carbocycles. The summed E-state index contributed by atoms with van der Waals surface area (Å²) >= 11 is 0. The second-order valence-corrected chi connectivity index (χ2v) is 6.12. The van der Waals surface area contributed by atoms with E-state index in [0.717, 1.165) is 18.7 Å². The van der Waals surface area contributed by atoms with Gasteiger partial charge in [-0.05, 0) is 18.7 Å². The molecule has 0 aliphatic rings. The van der Waals surface area contributed by atoms with Gasteiger partial charge in [-0.3, -0.25) is 0 Å². The Hall–Kier alpha value is -0.910. The Morgan fingerprint density at radius 2 is 1.72 bits per heavy atom. The zero-order valence-electron chi connectivity index (χ0n) is 11.3. The second kappa shape index (κ2) is 6.87. The first-order valence-corrected chi connectivity index (χ1v) is 8.10. The molecule has 0 radical (unpaired) electrons. The Morgan fingerprint density at radius 1 is 1.17 bits per heavy atom. The van der Waals surface area contributed by atoms with Gasteiger partial charge in [0.1, 0.15) is 0 Å². The second-order valence-electron chi connectivity index (χ2n) is 4.34. The van der Waals surface area contributed by atoms with Gasteiger partial charge in [-0.15, -0.1) is 0 Å². The van der Waals surface area contributed by atoms with Gasteiger partial charge in [0.25, 0.3) is 0 Å². The van der Waals surface area contributed by atoms with E-state index in [0.29, 0.717) is 6.54 Å². The first-order chi connectivity index (χ1) is 8.46. The summed E-state index contributed by atoms with van der Waals surface area (Å²) in [4.78, 5) is 2.20. The summed E-state index contributed by atoms with van der Waals surface area (Å²) < 4.78 is 25.6. The van der Waals surface area contributed by atoms with Gasteiger partial charge in [0, 0.05) is 6.54 Å². The Balaban J connectivity index is 2.89. The number of rotatable bonds is 7. The standard InChI is InChI=1S/C13H22N2O2S/c1-4-15(5-2)11-13(14-18(3,16)17)12-9-7-6-8-10-12/h6-10,13-14H,4-5,11H2,1-3H3/t13-/m1/s1. The molecule has 0 bridgehead atoms. The lowest BCUT2D eigenvalue weighted by Crippen LogP contribution is -2.37. The molecule has 0 heterocycles. The van der Waals surface area contributed by atoms with Crippen molar-refractivity contribution in [1.29, 1.82) is 0 Å². The summed E-state index contributed by atoms with van der Waals surface area (Å²) in [6, 6.07) is 9.49. The molecule has 0 saturated heterocycles. The highest BCUT2D eigenvalue weighted by molar-refractivity contribution is 7.88. The van der Waals surface area contributed by atoms with Crippen molar-refractivity contribution in [2.45, 2.75) is 19.9 Å². The van der Waals surface area contributed by atoms with Crippen LogP contribution in [-0.2, 0) is 10.0 Å². The van der Waals surface area contributed by atoms with Crippen molar-refractivity contribution in [3.63, 3.8) is 0 Å². The van der Waals surface area contributed by atoms with Crippen LogP contribution in [0.4, 0.5) is 0 Å². The first kappa shape index (κ1) is 15.1. The molecule has 0 amide bonds. The maximum absolute atomic E-state index is 11.4. The van der Waals surface area contributed by atoms with E-state index in [1.165, 1.54) is 6.26 Å². The molecule has 5 heteroatoms. The Kier molecular flexibility index (Phi) is 5.78. The first-order valence-electron chi connectivity index (χ1n) is 6.20. The van der Waals surface area contributed by atoms with E-state index in [4.69, 9.17) is 0 Å². The molecule has 1 rings (SSSR count). The van der Waals surface area contributed by atoms with Gasteiger partial charge in [0.15, 0.2) is 0 Å². The normalized spacial score (nSPS) is 13.8. The minimum Gasteiger partial charge on any atom is -0.302 e. The van der Waals surface area contributed by atoms with E-state index in [1.807, 2.05) is 30.3 Å². The summed E-state index contributed by atoms with van der Waals surface area (Å²) in [7, 11) is -3.21.